The molecular weight excluding hydrogens is 226 g/mol. The summed E-state index contributed by atoms with van der Waals surface area (Å²) in [4.78, 5) is 3.91. The Labute approximate surface area is 100 Å². The van der Waals surface area contributed by atoms with Crippen molar-refractivity contribution in [1.82, 2.24) is 9.55 Å². The molecule has 2 rings (SSSR count). The molecule has 4 nitrogen and oxygen atoms in total. The van der Waals surface area contributed by atoms with Gasteiger partial charge in [-0.15, -0.1) is 12.4 Å². The molecule has 0 aliphatic rings. The van der Waals surface area contributed by atoms with Gasteiger partial charge < -0.3 is 15.0 Å². The molecule has 0 amide bonds. The van der Waals surface area contributed by atoms with Crippen LogP contribution in [-0.2, 0) is 6.54 Å². The first-order valence-electron chi connectivity index (χ1n) is 4.80. The van der Waals surface area contributed by atoms with E-state index in [1.165, 1.54) is 0 Å². The molecular formula is C11H14ClN3O. The molecule has 2 aromatic rings. The van der Waals surface area contributed by atoms with E-state index in [1.54, 1.807) is 12.5 Å². The minimum atomic E-state index is -0.610. The first kappa shape index (κ1) is 12.5. The summed E-state index contributed by atoms with van der Waals surface area (Å²) in [6.45, 7) is 0.481. The molecule has 0 saturated carbocycles. The van der Waals surface area contributed by atoms with Gasteiger partial charge in [-0.1, -0.05) is 18.2 Å². The molecule has 1 heterocycles. The number of benzene rings is 1. The Balaban J connectivity index is 0.00000128. The molecule has 1 unspecified atom stereocenters. The lowest BCUT2D eigenvalue weighted by molar-refractivity contribution is 0.182. The summed E-state index contributed by atoms with van der Waals surface area (Å²) >= 11 is 0. The van der Waals surface area contributed by atoms with Gasteiger partial charge >= 0.3 is 0 Å². The zero-order valence-corrected chi connectivity index (χ0v) is 9.47. The Hall–Kier alpha value is -1.52. The lowest BCUT2D eigenvalue weighted by Gasteiger charge is -2.14. The van der Waals surface area contributed by atoms with Crippen LogP contribution in [0.1, 0.15) is 0 Å². The van der Waals surface area contributed by atoms with Gasteiger partial charge in [0, 0.05) is 18.1 Å². The Morgan fingerprint density at radius 1 is 1.31 bits per heavy atom. The second-order valence-corrected chi connectivity index (χ2v) is 3.29. The van der Waals surface area contributed by atoms with E-state index in [-0.39, 0.29) is 12.4 Å². The summed E-state index contributed by atoms with van der Waals surface area (Å²) in [5, 5.41) is 12.7. The molecule has 0 aliphatic heterocycles. The Morgan fingerprint density at radius 2 is 2.06 bits per heavy atom. The molecule has 86 valence electrons. The third kappa shape index (κ3) is 3.56. The quantitative estimate of drug-likeness (QED) is 0.799. The van der Waals surface area contributed by atoms with Crippen LogP contribution in [0.4, 0.5) is 5.69 Å². The number of aliphatic hydroxyl groups excluding tert-OH is 1. The van der Waals surface area contributed by atoms with Crippen molar-refractivity contribution in [2.24, 2.45) is 0 Å². The number of hydrogen-bond donors (Lipinski definition) is 2. The summed E-state index contributed by atoms with van der Waals surface area (Å²) in [5.74, 6) is 0. The number of nitrogens with one attached hydrogen (secondary N) is 1. The van der Waals surface area contributed by atoms with Gasteiger partial charge in [0.25, 0.3) is 0 Å². The van der Waals surface area contributed by atoms with Crippen molar-refractivity contribution in [3.63, 3.8) is 0 Å². The van der Waals surface area contributed by atoms with Crippen LogP contribution in [0, 0.1) is 0 Å². The Morgan fingerprint density at radius 3 is 2.69 bits per heavy atom. The number of hydrogen-bond acceptors (Lipinski definition) is 3. The van der Waals surface area contributed by atoms with Crippen molar-refractivity contribution in [3.8, 4) is 0 Å². The van der Waals surface area contributed by atoms with Crippen molar-refractivity contribution >= 4 is 18.1 Å². The van der Waals surface area contributed by atoms with Crippen LogP contribution < -0.4 is 5.32 Å². The van der Waals surface area contributed by atoms with Crippen LogP contribution >= 0.6 is 12.4 Å². The van der Waals surface area contributed by atoms with E-state index < -0.39 is 6.23 Å². The molecule has 0 saturated heterocycles. The molecule has 0 bridgehead atoms. The summed E-state index contributed by atoms with van der Waals surface area (Å²) < 4.78 is 1.82. The highest BCUT2D eigenvalue weighted by molar-refractivity contribution is 5.85. The zero-order valence-electron chi connectivity index (χ0n) is 8.65. The highest BCUT2D eigenvalue weighted by atomic mass is 35.5. The van der Waals surface area contributed by atoms with Gasteiger partial charge in [0.1, 0.15) is 6.23 Å². The summed E-state index contributed by atoms with van der Waals surface area (Å²) in [6.07, 6.45) is 4.57. The van der Waals surface area contributed by atoms with E-state index in [2.05, 4.69) is 10.3 Å². The smallest absolute Gasteiger partial charge is 0.142 e. The molecule has 1 aromatic heterocycles. The van der Waals surface area contributed by atoms with E-state index in [0.29, 0.717) is 6.54 Å². The normalized spacial score (nSPS) is 11.6. The van der Waals surface area contributed by atoms with Gasteiger partial charge in [0.05, 0.1) is 12.9 Å². The molecule has 0 aliphatic carbocycles. The van der Waals surface area contributed by atoms with Crippen molar-refractivity contribution in [2.75, 3.05) is 5.32 Å². The predicted octanol–water partition coefficient (Wildman–Crippen LogP) is 1.74. The standard InChI is InChI=1S/C11H13N3O.ClH/c15-11(8-14-7-6-12-9-14)13-10-4-2-1-3-5-10;/h1-7,9,11,13,15H,8H2;1H. The zero-order chi connectivity index (χ0) is 10.5. The molecule has 0 radical (unpaired) electrons. The number of aliphatic hydroxyl groups is 1. The number of para-hydroxylation sites is 1. The topological polar surface area (TPSA) is 50.1 Å². The number of nitrogens with zero attached hydrogens (tertiary/aromatic N) is 2. The molecule has 2 N–H and O–H groups in total. The minimum absolute atomic E-state index is 0. The first-order valence-corrected chi connectivity index (χ1v) is 4.80. The largest absolute Gasteiger partial charge is 0.372 e. The molecule has 0 fully saturated rings. The average Bonchev–Trinajstić information content (AvgIpc) is 2.71. The van der Waals surface area contributed by atoms with Crippen LogP contribution in [0.2, 0.25) is 0 Å². The Kier molecular flexibility index (Phi) is 4.82. The first-order chi connectivity index (χ1) is 7.34. The summed E-state index contributed by atoms with van der Waals surface area (Å²) in [7, 11) is 0. The van der Waals surface area contributed by atoms with Gasteiger partial charge in [0.2, 0.25) is 0 Å². The summed E-state index contributed by atoms with van der Waals surface area (Å²) in [6, 6.07) is 9.61. The van der Waals surface area contributed by atoms with E-state index in [1.807, 2.05) is 41.1 Å². The average molecular weight is 240 g/mol. The van der Waals surface area contributed by atoms with Gasteiger partial charge in [-0.25, -0.2) is 4.98 Å². The van der Waals surface area contributed by atoms with E-state index in [9.17, 15) is 5.11 Å². The van der Waals surface area contributed by atoms with Crippen LogP contribution in [0.25, 0.3) is 0 Å². The maximum atomic E-state index is 9.71. The second-order valence-electron chi connectivity index (χ2n) is 3.29. The molecule has 0 spiro atoms. The van der Waals surface area contributed by atoms with Crippen LogP contribution in [-0.4, -0.2) is 20.9 Å². The number of aromatic nitrogens is 2. The number of halogens is 1. The van der Waals surface area contributed by atoms with Crippen LogP contribution in [0.3, 0.4) is 0 Å². The minimum Gasteiger partial charge on any atom is -0.372 e. The monoisotopic (exact) mass is 239 g/mol. The second kappa shape index (κ2) is 6.15. The number of anilines is 1. The summed E-state index contributed by atoms with van der Waals surface area (Å²) in [5.41, 5.74) is 0.908. The number of rotatable bonds is 4. The molecule has 1 atom stereocenters. The van der Waals surface area contributed by atoms with E-state index >= 15 is 0 Å². The van der Waals surface area contributed by atoms with Crippen molar-refractivity contribution in [3.05, 3.63) is 49.1 Å². The third-order valence-corrected chi connectivity index (χ3v) is 2.05. The number of imidazole rings is 1. The maximum Gasteiger partial charge on any atom is 0.142 e. The van der Waals surface area contributed by atoms with E-state index in [4.69, 9.17) is 0 Å². The fourth-order valence-electron chi connectivity index (χ4n) is 1.37. The van der Waals surface area contributed by atoms with Gasteiger partial charge in [0.15, 0.2) is 0 Å². The Bertz CT molecular complexity index is 391. The van der Waals surface area contributed by atoms with E-state index in [0.717, 1.165) is 5.69 Å². The fourth-order valence-corrected chi connectivity index (χ4v) is 1.37. The molecule has 1 aromatic carbocycles. The molecule has 5 heteroatoms. The van der Waals surface area contributed by atoms with Crippen molar-refractivity contribution < 1.29 is 5.11 Å². The van der Waals surface area contributed by atoms with Gasteiger partial charge in [-0.3, -0.25) is 0 Å². The third-order valence-electron chi connectivity index (χ3n) is 2.05. The lowest BCUT2D eigenvalue weighted by atomic mass is 10.3. The van der Waals surface area contributed by atoms with Gasteiger partial charge in [-0.05, 0) is 12.1 Å². The predicted molar refractivity (Wildman–Crippen MR) is 65.5 cm³/mol. The molecule has 16 heavy (non-hydrogen) atoms. The maximum absolute atomic E-state index is 9.71. The fraction of sp³-hybridized carbons (Fsp3) is 0.182. The highest BCUT2D eigenvalue weighted by Crippen LogP contribution is 2.06. The van der Waals surface area contributed by atoms with Crippen LogP contribution in [0.5, 0.6) is 0 Å². The van der Waals surface area contributed by atoms with Crippen molar-refractivity contribution in [1.29, 1.82) is 0 Å². The van der Waals surface area contributed by atoms with Crippen molar-refractivity contribution in [2.45, 2.75) is 12.8 Å². The van der Waals surface area contributed by atoms with Gasteiger partial charge in [-0.2, -0.15) is 0 Å². The lowest BCUT2D eigenvalue weighted by Crippen LogP contribution is -2.24. The highest BCUT2D eigenvalue weighted by Gasteiger charge is 2.03. The SMILES string of the molecule is Cl.OC(Cn1ccnc1)Nc1ccccc1. The van der Waals surface area contributed by atoms with Crippen LogP contribution in [0.15, 0.2) is 49.1 Å².